The fraction of sp³-hybridized carbons (Fsp3) is 0.391. The smallest absolute Gasteiger partial charge is 0.459 e. The largest absolute Gasteiger partial charge is 0.468 e. The number of hydrogen-bond donors (Lipinski definition) is 12. The molecule has 0 spiro atoms. The van der Waals surface area contributed by atoms with Crippen molar-refractivity contribution in [2.24, 2.45) is 54.7 Å². The summed E-state index contributed by atoms with van der Waals surface area (Å²) in [4.78, 5) is 72.5. The second-order valence-electron chi connectivity index (χ2n) is 33.1. The summed E-state index contributed by atoms with van der Waals surface area (Å²) in [6, 6.07) is 39.2. The first-order chi connectivity index (χ1) is 66.6. The van der Waals surface area contributed by atoms with Gasteiger partial charge in [0.15, 0.2) is 0 Å². The van der Waals surface area contributed by atoms with Crippen LogP contribution >= 0.6 is 78.0 Å². The number of carbonyl (C=O) groups excluding carboxylic acids is 4. The number of amidine groups is 4. The van der Waals surface area contributed by atoms with Gasteiger partial charge < -0.3 is 100 Å². The number of nitrogens with zero attached hydrogens (tertiary/aromatic N) is 8. The zero-order valence-corrected chi connectivity index (χ0v) is 85.5. The van der Waals surface area contributed by atoms with E-state index < -0.39 is 124 Å². The van der Waals surface area contributed by atoms with E-state index in [0.717, 1.165) is 21.5 Å². The Bertz CT molecular complexity index is 5880. The number of nitrogens with two attached hydrogens (primary N) is 4. The topological polar surface area (TPSA) is 543 Å². The van der Waals surface area contributed by atoms with Gasteiger partial charge >= 0.3 is 54.9 Å². The molecule has 48 heteroatoms. The third kappa shape index (κ3) is 30.9. The third-order valence-electron chi connectivity index (χ3n) is 22.0. The quantitative estimate of drug-likeness (QED) is 0.00973. The number of benzene rings is 6. The van der Waals surface area contributed by atoms with Crippen LogP contribution in [0.2, 0.25) is 0 Å². The molecule has 8 aliphatic rings. The lowest BCUT2D eigenvalue weighted by Gasteiger charge is -2.29. The summed E-state index contributed by atoms with van der Waals surface area (Å²) >= 11 is 5.77. The van der Waals surface area contributed by atoms with E-state index in [1.165, 1.54) is 89.3 Å². The molecule has 0 radical (unpaired) electrons. The predicted octanol–water partition coefficient (Wildman–Crippen LogP) is 12.3. The Hall–Kier alpha value is -10.2. The van der Waals surface area contributed by atoms with Crippen LogP contribution < -0.4 is 61.4 Å². The second-order valence-corrected chi connectivity index (χ2v) is 45.6. The number of esters is 4. The van der Waals surface area contributed by atoms with Crippen molar-refractivity contribution in [3.05, 3.63) is 244 Å². The first kappa shape index (κ1) is 110. The number of fused-ring (bicyclic) bond motifs is 2. The van der Waals surface area contributed by atoms with Crippen molar-refractivity contribution >= 4 is 147 Å². The number of methoxy groups -OCH3 is 4. The van der Waals surface area contributed by atoms with Gasteiger partial charge in [0, 0.05) is 50.5 Å². The number of hydrogen-bond acceptors (Lipinski definition) is 40. The standard InChI is InChI=1S/C26H33N4O6PS.C24H29N4O6PS.C22H31N4O6PS.C20H27N4O6PS/c1-16(2)25(26(32)34-4)29-37(33,36-20-10-9-18-7-5-6-8-19(18)13-20)35-15-22-21(31)14-24(38-22)30-12-11-23(27)28-17(30)3;1-15(24(30)32-3)27-35(31,34-19-9-8-17-6-4-5-7-18(17)12-19)33-14-21-20(29)13-23(36-21)28-11-10-22(25)26-16(28)2;1-14(2)21(22(28)30-4)25-33(29,32-16-8-6-5-7-9-16)31-13-18-17(27)12-20(34-18)26-11-10-19(23)24-15(26)3;1-13(20(26)28-3)23-31(27,30-15-7-5-4-6-8-15)29-12-17-16(25)11-19(32-17)24-10-9-18(21)22-14(24)2/h5-13,16,21-22,24-25,31H,3,14-15H2,1-2,4H3,(H2,27,28)(H,29,33);4-12,15,20-21,23,29H,2,13-14H2,1,3H3,(H2,25,26)(H,27,31);5-11,14,17-18,20-21,27H,3,12-13H2,1-2,4H3,(H2,23,24)(H,25,29);4-10,13,16-17,19,25H,2,11-12H2,1,3H3,(H2,21,22)(H,23,27)/t21-,22-,24-,25+,37?;15-,20+,21+,23+,35?;17-,18-,20-,21+,33?;13-,16+,17+,19+,31?/m1010/s1. The molecule has 6 aromatic rings. The second kappa shape index (κ2) is 50.6. The number of carbonyl (C=O) groups is 4. The van der Waals surface area contributed by atoms with Gasteiger partial charge in [-0.1, -0.05) is 151 Å². The van der Waals surface area contributed by atoms with E-state index >= 15 is 0 Å². The van der Waals surface area contributed by atoms with E-state index in [-0.39, 0.29) is 59.8 Å². The average Bonchev–Trinajstić information content (AvgIpc) is 1.56. The van der Waals surface area contributed by atoms with Gasteiger partial charge in [-0.2, -0.15) is 20.3 Å². The van der Waals surface area contributed by atoms with Crippen LogP contribution in [0.25, 0.3) is 21.5 Å². The van der Waals surface area contributed by atoms with Crippen LogP contribution in [0.1, 0.15) is 67.2 Å². The molecule has 4 fully saturated rings. The van der Waals surface area contributed by atoms with Gasteiger partial charge in [0.1, 0.15) is 93.8 Å². The Balaban J connectivity index is 0.000000179. The molecular weight excluding hydrogens is 1970 g/mol. The molecule has 140 heavy (non-hydrogen) atoms. The maximum Gasteiger partial charge on any atom is 0.459 e. The minimum Gasteiger partial charge on any atom is -0.468 e. The highest BCUT2D eigenvalue weighted by atomic mass is 32.2. The summed E-state index contributed by atoms with van der Waals surface area (Å²) in [5.74, 6) is 1.67. The molecule has 20 atom stereocenters. The van der Waals surface area contributed by atoms with E-state index in [1.54, 1.807) is 162 Å². The molecule has 756 valence electrons. The molecule has 0 aromatic heterocycles. The van der Waals surface area contributed by atoms with Crippen LogP contribution in [0.4, 0.5) is 0 Å². The third-order valence-corrected chi connectivity index (χ3v) is 34.5. The fourth-order valence-electron chi connectivity index (χ4n) is 14.6. The Morgan fingerprint density at radius 2 is 0.607 bits per heavy atom. The summed E-state index contributed by atoms with van der Waals surface area (Å²) in [7, 11) is -11.2. The van der Waals surface area contributed by atoms with Crippen molar-refractivity contribution in [3.63, 3.8) is 0 Å². The molecule has 8 aliphatic heterocycles. The van der Waals surface area contributed by atoms with Crippen LogP contribution in [-0.2, 0) is 74.5 Å². The van der Waals surface area contributed by atoms with Crippen LogP contribution in [0, 0.1) is 11.8 Å². The first-order valence-corrected chi connectivity index (χ1v) is 54.1. The number of aliphatic imine (C=N–C) groups is 4. The highest BCUT2D eigenvalue weighted by Crippen LogP contribution is 2.54. The molecule has 0 saturated carbocycles. The van der Waals surface area contributed by atoms with Crippen molar-refractivity contribution in [1.82, 2.24) is 39.9 Å². The molecule has 6 aromatic carbocycles. The van der Waals surface area contributed by atoms with E-state index in [2.05, 4.69) is 71.4 Å². The molecule has 14 rings (SSSR count). The summed E-state index contributed by atoms with van der Waals surface area (Å²) in [6.07, 6.45) is 12.5. The summed E-state index contributed by atoms with van der Waals surface area (Å²) in [6.45, 7) is 25.5. The van der Waals surface area contributed by atoms with Crippen LogP contribution in [-0.4, -0.2) is 233 Å². The molecule has 16 N–H and O–H groups in total. The number of para-hydroxylation sites is 2. The Morgan fingerprint density at radius 1 is 0.364 bits per heavy atom. The van der Waals surface area contributed by atoms with Gasteiger partial charge in [-0.3, -0.25) is 37.3 Å². The maximum atomic E-state index is 14.1. The van der Waals surface area contributed by atoms with Gasteiger partial charge in [0.2, 0.25) is 0 Å². The predicted molar refractivity (Wildman–Crippen MR) is 544 cm³/mol. The Morgan fingerprint density at radius 3 is 0.857 bits per heavy atom. The maximum absolute atomic E-state index is 14.1. The first-order valence-electron chi connectivity index (χ1n) is 44.2. The van der Waals surface area contributed by atoms with E-state index in [9.17, 15) is 57.9 Å². The Labute approximate surface area is 829 Å². The van der Waals surface area contributed by atoms with E-state index in [4.69, 9.17) is 73.3 Å². The normalized spacial score (nSPS) is 24.7. The molecular formula is C92H120N16O24P4S4. The highest BCUT2D eigenvalue weighted by Gasteiger charge is 2.47. The summed E-state index contributed by atoms with van der Waals surface area (Å²) in [5, 5.41) is 54.9. The average molecular weight is 2090 g/mol. The van der Waals surface area contributed by atoms with E-state index in [0.29, 0.717) is 95.3 Å². The number of ether oxygens (including phenoxy) is 4. The molecule has 0 aliphatic carbocycles. The summed E-state index contributed by atoms with van der Waals surface area (Å²) in [5.41, 5.74) is 22.8. The fourth-order valence-corrected chi connectivity index (χ4v) is 27.3. The van der Waals surface area contributed by atoms with E-state index in [1.807, 2.05) is 80.3 Å². The number of nitrogens with one attached hydrogen (secondary N) is 4. The molecule has 4 saturated heterocycles. The Kier molecular flexibility index (Phi) is 39.8. The number of aliphatic hydroxyl groups is 4. The van der Waals surface area contributed by atoms with Crippen LogP contribution in [0.15, 0.2) is 264 Å². The monoisotopic (exact) mass is 2080 g/mol. The highest BCUT2D eigenvalue weighted by molar-refractivity contribution is 8.01. The van der Waals surface area contributed by atoms with Gasteiger partial charge in [-0.05, 0) is 120 Å². The van der Waals surface area contributed by atoms with Gasteiger partial charge in [0.05, 0.1) is 122 Å². The lowest BCUT2D eigenvalue weighted by molar-refractivity contribution is -0.144. The van der Waals surface area contributed by atoms with Gasteiger partial charge in [0.25, 0.3) is 0 Å². The number of thioether (sulfide) groups is 4. The van der Waals surface area contributed by atoms with Crippen molar-refractivity contribution in [2.45, 2.75) is 158 Å². The molecule has 8 heterocycles. The zero-order valence-electron chi connectivity index (χ0n) is 78.6. The van der Waals surface area contributed by atoms with Crippen molar-refractivity contribution in [1.29, 1.82) is 0 Å². The summed E-state index contributed by atoms with van der Waals surface area (Å²) < 4.78 is 120. The molecule has 0 bridgehead atoms. The zero-order chi connectivity index (χ0) is 102. The minimum absolute atomic E-state index is 0.0806. The molecule has 0 amide bonds. The molecule has 4 unspecified atom stereocenters. The SMILES string of the molecule is C=C1N=C(N)C=CN1[C@H]1C[C@@H](O)[C@@H](COP(=O)(N[C@@H](C)C(=O)OC)Oc2ccc3ccccc3c2)S1.C=C1N=C(N)C=CN1[C@H]1C[C@@H](O)[C@@H](COP(=O)(N[C@@H](C)C(=O)OC)Oc2ccccc2)S1.C=C1N=C(N)C=CN1[C@H]1C[C@@H](O)[C@@H](COP(=O)(N[C@H](C(=O)OC)C(C)C)Oc2ccc3ccccc3c2)S1.C=C1N=C(N)C=CN1[C@H]1C[C@@H](O)[C@@H](COP(=O)(N[C@H](C(=O)OC)C(C)C)Oc2ccccc2)S1. The van der Waals surface area contributed by atoms with Crippen LogP contribution in [0.3, 0.4) is 0 Å². The van der Waals surface area contributed by atoms with Crippen molar-refractivity contribution in [3.8, 4) is 23.0 Å². The lowest BCUT2D eigenvalue weighted by Crippen LogP contribution is -2.41. The lowest BCUT2D eigenvalue weighted by atomic mass is 10.1. The number of aliphatic hydroxyl groups excluding tert-OH is 4. The number of rotatable bonds is 38. The van der Waals surface area contributed by atoms with Gasteiger partial charge in [-0.25, -0.2) is 38.2 Å². The molecule has 40 nitrogen and oxygen atoms in total. The van der Waals surface area contributed by atoms with Crippen molar-refractivity contribution < 1.29 is 113 Å². The van der Waals surface area contributed by atoms with Crippen molar-refractivity contribution in [2.75, 3.05) is 54.9 Å². The minimum atomic E-state index is -4.11. The van der Waals surface area contributed by atoms with Crippen LogP contribution in [0.5, 0.6) is 23.0 Å². The van der Waals surface area contributed by atoms with Gasteiger partial charge in [-0.15, -0.1) is 47.0 Å².